The van der Waals surface area contributed by atoms with E-state index in [1.54, 1.807) is 0 Å². The minimum Gasteiger partial charge on any atom is -0.368 e. The number of fused-ring (bicyclic) bond motifs is 1. The van der Waals surface area contributed by atoms with Gasteiger partial charge in [-0.3, -0.25) is 4.79 Å². The number of rotatable bonds is 3. The van der Waals surface area contributed by atoms with Crippen LogP contribution in [-0.4, -0.2) is 25.1 Å². The van der Waals surface area contributed by atoms with Crippen molar-refractivity contribution in [3.8, 4) is 0 Å². The summed E-state index contributed by atoms with van der Waals surface area (Å²) >= 11 is 2.92. The number of aromatic nitrogens is 5. The van der Waals surface area contributed by atoms with Crippen LogP contribution in [0, 0.1) is 13.8 Å². The number of hydrogen-bond acceptors (Lipinski definition) is 7. The molecule has 4 N–H and O–H groups in total. The van der Waals surface area contributed by atoms with Gasteiger partial charge in [0.1, 0.15) is 10.7 Å². The first-order valence-corrected chi connectivity index (χ1v) is 7.99. The van der Waals surface area contributed by atoms with Crippen molar-refractivity contribution >= 4 is 39.3 Å². The molecular weight excluding hydrogens is 308 g/mol. The van der Waals surface area contributed by atoms with Crippen LogP contribution in [0.4, 0.5) is 5.95 Å². The lowest BCUT2D eigenvalue weighted by Crippen LogP contribution is -2.12. The molecule has 1 atom stereocenters. The Balaban J connectivity index is 1.98. The number of nitrogens with one attached hydrogen (secondary N) is 2. The molecule has 0 spiro atoms. The number of thiophene rings is 1. The van der Waals surface area contributed by atoms with E-state index in [1.807, 2.05) is 20.8 Å². The van der Waals surface area contributed by atoms with Crippen molar-refractivity contribution in [2.45, 2.75) is 31.2 Å². The second-order valence-corrected chi connectivity index (χ2v) is 7.19. The standard InChI is InChI=1S/C12H14N6OS2/c1-4-5(2)20-10-7(4)9(19)14-8(15-10)6(3)21-12-16-11(13)17-18-12/h6H,1-3H3,(H,14,15,19)(H3,13,16,17,18)/t6-/m0/s1. The third kappa shape index (κ3) is 2.54. The van der Waals surface area contributed by atoms with Crippen LogP contribution < -0.4 is 11.3 Å². The summed E-state index contributed by atoms with van der Waals surface area (Å²) < 4.78 is 0. The van der Waals surface area contributed by atoms with Crippen molar-refractivity contribution in [3.63, 3.8) is 0 Å². The van der Waals surface area contributed by atoms with Crippen molar-refractivity contribution in [2.24, 2.45) is 0 Å². The molecule has 21 heavy (non-hydrogen) atoms. The summed E-state index contributed by atoms with van der Waals surface area (Å²) in [5, 5.41) is 7.68. The Morgan fingerprint density at radius 1 is 1.33 bits per heavy atom. The van der Waals surface area contributed by atoms with Crippen LogP contribution in [0.25, 0.3) is 10.2 Å². The monoisotopic (exact) mass is 322 g/mol. The Kier molecular flexibility index (Phi) is 3.46. The highest BCUT2D eigenvalue weighted by Crippen LogP contribution is 2.32. The zero-order chi connectivity index (χ0) is 15.1. The van der Waals surface area contributed by atoms with Crippen LogP contribution in [0.2, 0.25) is 0 Å². The lowest BCUT2D eigenvalue weighted by molar-refractivity contribution is 0.906. The Morgan fingerprint density at radius 3 is 2.76 bits per heavy atom. The van der Waals surface area contributed by atoms with Gasteiger partial charge in [0, 0.05) is 4.88 Å². The summed E-state index contributed by atoms with van der Waals surface area (Å²) in [6.07, 6.45) is 0. The Bertz CT molecular complexity index is 864. The zero-order valence-electron chi connectivity index (χ0n) is 11.7. The van der Waals surface area contributed by atoms with E-state index in [-0.39, 0.29) is 16.8 Å². The molecule has 0 bridgehead atoms. The third-order valence-electron chi connectivity index (χ3n) is 3.21. The van der Waals surface area contributed by atoms with E-state index >= 15 is 0 Å². The maximum atomic E-state index is 12.2. The second kappa shape index (κ2) is 5.15. The molecule has 0 saturated carbocycles. The van der Waals surface area contributed by atoms with E-state index < -0.39 is 0 Å². The number of aryl methyl sites for hydroxylation is 2. The van der Waals surface area contributed by atoms with Gasteiger partial charge >= 0.3 is 0 Å². The molecule has 3 aromatic rings. The first-order valence-electron chi connectivity index (χ1n) is 6.30. The molecule has 0 radical (unpaired) electrons. The molecule has 0 amide bonds. The summed E-state index contributed by atoms with van der Waals surface area (Å²) in [5.74, 6) is 0.883. The number of anilines is 1. The molecule has 0 aromatic carbocycles. The van der Waals surface area contributed by atoms with Gasteiger partial charge in [0.15, 0.2) is 0 Å². The van der Waals surface area contributed by atoms with Gasteiger partial charge in [0.2, 0.25) is 11.1 Å². The zero-order valence-corrected chi connectivity index (χ0v) is 13.4. The number of hydrogen-bond donors (Lipinski definition) is 3. The average Bonchev–Trinajstić information content (AvgIpc) is 2.94. The van der Waals surface area contributed by atoms with E-state index in [4.69, 9.17) is 5.73 Å². The average molecular weight is 322 g/mol. The third-order valence-corrected chi connectivity index (χ3v) is 5.28. The van der Waals surface area contributed by atoms with Gasteiger partial charge in [0.25, 0.3) is 5.56 Å². The predicted octanol–water partition coefficient (Wildman–Crippen LogP) is 2.16. The van der Waals surface area contributed by atoms with E-state index in [9.17, 15) is 4.79 Å². The van der Waals surface area contributed by atoms with Crippen LogP contribution in [0.3, 0.4) is 0 Å². The molecule has 0 saturated heterocycles. The highest BCUT2D eigenvalue weighted by atomic mass is 32.2. The minimum absolute atomic E-state index is 0.0833. The molecule has 7 nitrogen and oxygen atoms in total. The lowest BCUT2D eigenvalue weighted by Gasteiger charge is -2.07. The summed E-state index contributed by atoms with van der Waals surface area (Å²) in [6.45, 7) is 5.88. The summed E-state index contributed by atoms with van der Waals surface area (Å²) in [5.41, 5.74) is 6.40. The second-order valence-electron chi connectivity index (χ2n) is 4.68. The van der Waals surface area contributed by atoms with Gasteiger partial charge in [-0.1, -0.05) is 11.8 Å². The Labute approximate surface area is 128 Å². The molecule has 0 aliphatic rings. The Morgan fingerprint density at radius 2 is 2.10 bits per heavy atom. The predicted molar refractivity (Wildman–Crippen MR) is 84.8 cm³/mol. The van der Waals surface area contributed by atoms with Crippen molar-refractivity contribution < 1.29 is 0 Å². The fourth-order valence-corrected chi connectivity index (χ4v) is 3.81. The van der Waals surface area contributed by atoms with Crippen LogP contribution in [0.1, 0.15) is 28.4 Å². The van der Waals surface area contributed by atoms with Gasteiger partial charge in [-0.15, -0.1) is 16.4 Å². The SMILES string of the molecule is Cc1sc2nc([C@H](C)Sc3n[nH]c(N)n3)[nH]c(=O)c2c1C. The highest BCUT2D eigenvalue weighted by Gasteiger charge is 2.17. The van der Waals surface area contributed by atoms with Crippen molar-refractivity contribution in [2.75, 3.05) is 5.73 Å². The topological polar surface area (TPSA) is 113 Å². The normalized spacial score (nSPS) is 12.9. The minimum atomic E-state index is -0.0983. The fourth-order valence-electron chi connectivity index (χ4n) is 1.99. The number of H-pyrrole nitrogens is 2. The van der Waals surface area contributed by atoms with Crippen LogP contribution >= 0.6 is 23.1 Å². The maximum Gasteiger partial charge on any atom is 0.259 e. The fraction of sp³-hybridized carbons (Fsp3) is 0.333. The van der Waals surface area contributed by atoms with Gasteiger partial charge in [0.05, 0.1) is 10.6 Å². The number of aromatic amines is 2. The quantitative estimate of drug-likeness (QED) is 0.637. The number of nitrogens with two attached hydrogens (primary N) is 1. The van der Waals surface area contributed by atoms with Crippen LogP contribution in [-0.2, 0) is 0 Å². The van der Waals surface area contributed by atoms with Gasteiger partial charge in [-0.2, -0.15) is 4.98 Å². The molecule has 3 rings (SSSR count). The van der Waals surface area contributed by atoms with E-state index in [0.717, 1.165) is 15.3 Å². The molecule has 0 unspecified atom stereocenters. The number of thioether (sulfide) groups is 1. The largest absolute Gasteiger partial charge is 0.368 e. The van der Waals surface area contributed by atoms with Gasteiger partial charge in [-0.25, -0.2) is 10.1 Å². The molecule has 9 heteroatoms. The smallest absolute Gasteiger partial charge is 0.259 e. The molecule has 0 fully saturated rings. The molecule has 0 aliphatic heterocycles. The molecule has 110 valence electrons. The van der Waals surface area contributed by atoms with E-state index in [0.29, 0.717) is 16.4 Å². The Hall–Kier alpha value is -1.87. The van der Waals surface area contributed by atoms with Gasteiger partial charge < -0.3 is 10.7 Å². The van der Waals surface area contributed by atoms with Crippen molar-refractivity contribution in [3.05, 3.63) is 26.6 Å². The molecule has 3 aromatic heterocycles. The molecular formula is C12H14N6OS2. The van der Waals surface area contributed by atoms with Crippen molar-refractivity contribution in [1.29, 1.82) is 0 Å². The molecule has 0 aliphatic carbocycles. The van der Waals surface area contributed by atoms with Crippen LogP contribution in [0.15, 0.2) is 9.95 Å². The summed E-state index contributed by atoms with van der Waals surface area (Å²) in [7, 11) is 0. The molecule has 3 heterocycles. The number of nitrogens with zero attached hydrogens (tertiary/aromatic N) is 3. The summed E-state index contributed by atoms with van der Waals surface area (Å²) in [4.78, 5) is 25.6. The first kappa shape index (κ1) is 14.1. The number of nitrogen functional groups attached to an aromatic ring is 1. The van der Waals surface area contributed by atoms with Crippen molar-refractivity contribution in [1.82, 2.24) is 25.1 Å². The van der Waals surface area contributed by atoms with E-state index in [1.165, 1.54) is 23.1 Å². The lowest BCUT2D eigenvalue weighted by atomic mass is 10.2. The summed E-state index contributed by atoms with van der Waals surface area (Å²) in [6, 6.07) is 0. The van der Waals surface area contributed by atoms with E-state index in [2.05, 4.69) is 25.1 Å². The maximum absolute atomic E-state index is 12.2. The van der Waals surface area contributed by atoms with Crippen LogP contribution in [0.5, 0.6) is 0 Å². The highest BCUT2D eigenvalue weighted by molar-refractivity contribution is 7.99. The first-order chi connectivity index (χ1) is 9.95. The van der Waals surface area contributed by atoms with Gasteiger partial charge in [-0.05, 0) is 26.3 Å².